The quantitative estimate of drug-likeness (QED) is 0.0261. The highest BCUT2D eigenvalue weighted by atomic mass is 16.7. The van der Waals surface area contributed by atoms with Gasteiger partial charge >= 0.3 is 0 Å². The summed E-state index contributed by atoms with van der Waals surface area (Å²) in [7, 11) is 0. The molecule has 1 saturated heterocycles. The van der Waals surface area contributed by atoms with Crippen LogP contribution in [0.15, 0.2) is 60.8 Å². The van der Waals surface area contributed by atoms with E-state index in [0.717, 1.165) is 51.4 Å². The lowest BCUT2D eigenvalue weighted by molar-refractivity contribution is -0.302. The van der Waals surface area contributed by atoms with Crippen molar-refractivity contribution in [3.8, 4) is 0 Å². The van der Waals surface area contributed by atoms with E-state index in [9.17, 15) is 30.3 Å². The highest BCUT2D eigenvalue weighted by Gasteiger charge is 2.44. The van der Waals surface area contributed by atoms with Crippen LogP contribution in [0.1, 0.15) is 264 Å². The van der Waals surface area contributed by atoms with Gasteiger partial charge in [0.1, 0.15) is 24.4 Å². The lowest BCUT2D eigenvalue weighted by Gasteiger charge is -2.40. The summed E-state index contributed by atoms with van der Waals surface area (Å²) in [6, 6.07) is -0.832. The van der Waals surface area contributed by atoms with Crippen LogP contribution < -0.4 is 5.32 Å². The molecule has 1 amide bonds. The Morgan fingerprint density at radius 1 is 0.486 bits per heavy atom. The molecule has 0 bridgehead atoms. The minimum atomic E-state index is -1.58. The van der Waals surface area contributed by atoms with E-state index in [4.69, 9.17) is 9.47 Å². The van der Waals surface area contributed by atoms with Gasteiger partial charge in [0, 0.05) is 6.42 Å². The third kappa shape index (κ3) is 39.4. The average Bonchev–Trinajstić information content (AvgIpc) is 3.36. The number of ether oxygens (including phenoxy) is 2. The lowest BCUT2D eigenvalue weighted by atomic mass is 9.99. The molecule has 1 aliphatic rings. The third-order valence-corrected chi connectivity index (χ3v) is 13.8. The topological polar surface area (TPSA) is 149 Å². The fourth-order valence-corrected chi connectivity index (χ4v) is 9.10. The average molecular weight is 987 g/mol. The first kappa shape index (κ1) is 65.9. The van der Waals surface area contributed by atoms with Crippen molar-refractivity contribution < 1.29 is 39.8 Å². The van der Waals surface area contributed by atoms with Crippen molar-refractivity contribution in [3.05, 3.63) is 60.8 Å². The van der Waals surface area contributed by atoms with E-state index < -0.39 is 49.5 Å². The Morgan fingerprint density at radius 3 is 1.29 bits per heavy atom. The summed E-state index contributed by atoms with van der Waals surface area (Å²) in [6.07, 6.45) is 61.5. The van der Waals surface area contributed by atoms with Gasteiger partial charge in [-0.25, -0.2) is 0 Å². The largest absolute Gasteiger partial charge is 0.394 e. The minimum absolute atomic E-state index is 0.192. The molecule has 408 valence electrons. The molecule has 0 aromatic carbocycles. The summed E-state index contributed by atoms with van der Waals surface area (Å²) < 4.78 is 11.3. The second-order valence-electron chi connectivity index (χ2n) is 20.4. The summed E-state index contributed by atoms with van der Waals surface area (Å²) in [5.41, 5.74) is 0. The predicted octanol–water partition coefficient (Wildman–Crippen LogP) is 14.7. The Labute approximate surface area is 430 Å². The van der Waals surface area contributed by atoms with Crippen LogP contribution in [0.3, 0.4) is 0 Å². The molecule has 0 aliphatic carbocycles. The van der Waals surface area contributed by atoms with Crippen molar-refractivity contribution in [2.75, 3.05) is 13.2 Å². The summed E-state index contributed by atoms with van der Waals surface area (Å²) in [4.78, 5) is 13.1. The zero-order chi connectivity index (χ0) is 50.8. The Kier molecular flexibility index (Phi) is 47.5. The first-order valence-corrected chi connectivity index (χ1v) is 29.5. The number of allylic oxidation sites excluding steroid dienone is 9. The Morgan fingerprint density at radius 2 is 0.857 bits per heavy atom. The second-order valence-corrected chi connectivity index (χ2v) is 20.4. The zero-order valence-corrected chi connectivity index (χ0v) is 45.3. The minimum Gasteiger partial charge on any atom is -0.394 e. The molecular formula is C61H111NO8. The van der Waals surface area contributed by atoms with Gasteiger partial charge in [-0.2, -0.15) is 0 Å². The van der Waals surface area contributed by atoms with E-state index in [1.165, 1.54) is 193 Å². The summed E-state index contributed by atoms with van der Waals surface area (Å²) >= 11 is 0. The van der Waals surface area contributed by atoms with Crippen LogP contribution in [-0.4, -0.2) is 87.5 Å². The van der Waals surface area contributed by atoms with E-state index in [0.29, 0.717) is 6.42 Å². The number of amides is 1. The smallest absolute Gasteiger partial charge is 0.220 e. The lowest BCUT2D eigenvalue weighted by Crippen LogP contribution is -2.60. The molecule has 1 fully saturated rings. The molecule has 7 atom stereocenters. The summed E-state index contributed by atoms with van der Waals surface area (Å²) in [5, 5.41) is 54.5. The number of carbonyl (C=O) groups is 1. The summed E-state index contributed by atoms with van der Waals surface area (Å²) in [5.74, 6) is -0.192. The van der Waals surface area contributed by atoms with Crippen LogP contribution in [-0.2, 0) is 14.3 Å². The van der Waals surface area contributed by atoms with E-state index in [1.807, 2.05) is 6.08 Å². The van der Waals surface area contributed by atoms with Crippen molar-refractivity contribution in [2.45, 2.75) is 307 Å². The number of nitrogens with one attached hydrogen (secondary N) is 1. The van der Waals surface area contributed by atoms with Gasteiger partial charge in [0.05, 0.1) is 25.4 Å². The van der Waals surface area contributed by atoms with E-state index in [2.05, 4.69) is 67.8 Å². The molecule has 9 nitrogen and oxygen atoms in total. The molecule has 70 heavy (non-hydrogen) atoms. The number of aliphatic hydroxyl groups excluding tert-OH is 5. The highest BCUT2D eigenvalue weighted by Crippen LogP contribution is 2.23. The molecule has 9 heteroatoms. The maximum Gasteiger partial charge on any atom is 0.220 e. The summed E-state index contributed by atoms with van der Waals surface area (Å²) in [6.45, 7) is 3.77. The fourth-order valence-electron chi connectivity index (χ4n) is 9.10. The van der Waals surface area contributed by atoms with Crippen LogP contribution in [0.25, 0.3) is 0 Å². The van der Waals surface area contributed by atoms with Crippen molar-refractivity contribution >= 4 is 5.91 Å². The highest BCUT2D eigenvalue weighted by molar-refractivity contribution is 5.76. The van der Waals surface area contributed by atoms with Gasteiger partial charge in [-0.15, -0.1) is 0 Å². The predicted molar refractivity (Wildman–Crippen MR) is 295 cm³/mol. The Bertz CT molecular complexity index is 1280. The van der Waals surface area contributed by atoms with Gasteiger partial charge < -0.3 is 40.3 Å². The SMILES string of the molecule is CCCCCCCCCCC/C=C\C/C=C\CCCCCCCCCCCCCC(=O)NC(COC1OC(CO)C(O)C(O)C1O)C(O)/C=C/CC/C=C/CC/C=C/CCCCCCCCCCCC. The molecule has 0 aromatic heterocycles. The van der Waals surface area contributed by atoms with E-state index >= 15 is 0 Å². The van der Waals surface area contributed by atoms with Crippen LogP contribution in [0.2, 0.25) is 0 Å². The number of hydrogen-bond donors (Lipinski definition) is 6. The third-order valence-electron chi connectivity index (χ3n) is 13.8. The van der Waals surface area contributed by atoms with Crippen LogP contribution in [0.5, 0.6) is 0 Å². The van der Waals surface area contributed by atoms with Gasteiger partial charge in [0.15, 0.2) is 6.29 Å². The van der Waals surface area contributed by atoms with Crippen LogP contribution in [0, 0.1) is 0 Å². The van der Waals surface area contributed by atoms with E-state index in [1.54, 1.807) is 6.08 Å². The molecule has 1 rings (SSSR count). The van der Waals surface area contributed by atoms with Gasteiger partial charge in [0.2, 0.25) is 5.91 Å². The van der Waals surface area contributed by atoms with Gasteiger partial charge in [-0.05, 0) is 77.0 Å². The molecule has 7 unspecified atom stereocenters. The molecule has 1 aliphatic heterocycles. The standard InChI is InChI=1S/C61H111NO8/c1-3-5-7-9-11-13-15-17-19-21-23-25-26-27-28-29-30-31-33-35-37-39-41-43-45-47-49-51-57(65)62-54(53-69-61-60(68)59(67)58(66)56(52-63)70-61)55(64)50-48-46-44-42-40-38-36-34-32-24-22-20-18-16-14-12-10-8-6-4-2/h23,25,27-28,32,34,40,42,48,50,54-56,58-61,63-64,66-68H,3-22,24,26,29-31,33,35-39,41,43-47,49,51-53H2,1-2H3,(H,62,65)/b25-23-,28-27-,34-32+,42-40+,50-48+. The maximum absolute atomic E-state index is 13.1. The number of rotatable bonds is 50. The van der Waals surface area contributed by atoms with Gasteiger partial charge in [0.25, 0.3) is 0 Å². The first-order chi connectivity index (χ1) is 34.3. The van der Waals surface area contributed by atoms with Crippen molar-refractivity contribution in [2.24, 2.45) is 0 Å². The molecule has 1 heterocycles. The number of carbonyl (C=O) groups excluding carboxylic acids is 1. The van der Waals surface area contributed by atoms with Gasteiger partial charge in [-0.1, -0.05) is 242 Å². The molecule has 0 radical (unpaired) electrons. The Hall–Kier alpha value is -2.11. The zero-order valence-electron chi connectivity index (χ0n) is 45.3. The van der Waals surface area contributed by atoms with Crippen LogP contribution >= 0.6 is 0 Å². The number of unbranched alkanes of at least 4 members (excludes halogenated alkanes) is 32. The second kappa shape index (κ2) is 50.4. The Balaban J connectivity index is 2.25. The molecule has 6 N–H and O–H groups in total. The van der Waals surface area contributed by atoms with E-state index in [-0.39, 0.29) is 12.5 Å². The van der Waals surface area contributed by atoms with Crippen molar-refractivity contribution in [1.82, 2.24) is 5.32 Å². The first-order valence-electron chi connectivity index (χ1n) is 29.5. The maximum atomic E-state index is 13.1. The number of aliphatic hydroxyl groups is 5. The molecule has 0 aromatic rings. The fraction of sp³-hybridized carbons (Fsp3) is 0.820. The van der Waals surface area contributed by atoms with Crippen molar-refractivity contribution in [1.29, 1.82) is 0 Å². The monoisotopic (exact) mass is 986 g/mol. The van der Waals surface area contributed by atoms with Crippen LogP contribution in [0.4, 0.5) is 0 Å². The van der Waals surface area contributed by atoms with Gasteiger partial charge in [-0.3, -0.25) is 4.79 Å². The number of hydrogen-bond acceptors (Lipinski definition) is 8. The molecular weight excluding hydrogens is 875 g/mol. The molecule has 0 saturated carbocycles. The molecule has 0 spiro atoms. The van der Waals surface area contributed by atoms with Crippen molar-refractivity contribution in [3.63, 3.8) is 0 Å². The normalized spacial score (nSPS) is 19.8.